The predicted octanol–water partition coefficient (Wildman–Crippen LogP) is 4.50. The zero-order chi connectivity index (χ0) is 22.1. The Labute approximate surface area is 186 Å². The van der Waals surface area contributed by atoms with Gasteiger partial charge in [-0.2, -0.15) is 20.6 Å². The Morgan fingerprint density at radius 3 is 2.72 bits per heavy atom. The topological polar surface area (TPSA) is 101 Å². The molecule has 0 saturated heterocycles. The monoisotopic (exact) mass is 424 g/mol. The van der Waals surface area contributed by atoms with Crippen LogP contribution in [0.3, 0.4) is 0 Å². The lowest BCUT2D eigenvalue weighted by molar-refractivity contribution is 0.268. The lowest BCUT2D eigenvalue weighted by Gasteiger charge is -2.22. The van der Waals surface area contributed by atoms with Gasteiger partial charge in [-0.05, 0) is 42.5 Å². The van der Waals surface area contributed by atoms with E-state index in [-0.39, 0.29) is 6.61 Å². The van der Waals surface area contributed by atoms with E-state index in [0.717, 1.165) is 28.6 Å². The molecule has 1 aliphatic carbocycles. The number of pyridine rings is 1. The summed E-state index contributed by atoms with van der Waals surface area (Å²) in [7, 11) is 0. The molecule has 0 unspecified atom stereocenters. The van der Waals surface area contributed by atoms with Crippen molar-refractivity contribution < 1.29 is 5.11 Å². The first-order chi connectivity index (χ1) is 15.6. The van der Waals surface area contributed by atoms with Crippen molar-refractivity contribution in [2.75, 3.05) is 0 Å². The summed E-state index contributed by atoms with van der Waals surface area (Å²) in [6.45, 7) is 3.10. The third kappa shape index (κ3) is 3.85. The van der Waals surface area contributed by atoms with Crippen molar-refractivity contribution in [1.82, 2.24) is 25.0 Å². The molecule has 0 amide bonds. The molecule has 0 atom stereocenters. The number of aliphatic hydroxyl groups is 1. The van der Waals surface area contributed by atoms with Crippen molar-refractivity contribution in [2.24, 2.45) is 5.41 Å². The number of aliphatic hydroxyl groups excluding tert-OH is 1. The minimum atomic E-state index is -0.149. The lowest BCUT2D eigenvalue weighted by atomic mass is 9.89. The quantitative estimate of drug-likeness (QED) is 0.506. The summed E-state index contributed by atoms with van der Waals surface area (Å²) < 4.78 is 2.03. The van der Waals surface area contributed by atoms with Crippen molar-refractivity contribution in [3.05, 3.63) is 60.2 Å². The van der Waals surface area contributed by atoms with Crippen LogP contribution in [-0.4, -0.2) is 30.1 Å². The van der Waals surface area contributed by atoms with Gasteiger partial charge in [-0.25, -0.2) is 4.98 Å². The Hall–Kier alpha value is -3.63. The van der Waals surface area contributed by atoms with Gasteiger partial charge in [0.1, 0.15) is 11.8 Å². The van der Waals surface area contributed by atoms with Gasteiger partial charge in [0, 0.05) is 34.8 Å². The molecule has 5 rings (SSSR count). The Kier molecular flexibility index (Phi) is 5.16. The molecule has 7 heteroatoms. The standard InChI is InChI=1S/C25H24N6O/c1-25(8-2-3-9-25)16-31-14-19(13-27-31)22-7-6-20(12-26)28-24(22)18-5-4-17-10-21(15-32)29-30-23(17)11-18/h4-7,10-11,13-14,32H,2-3,8-9,15-16H2,1H3. The van der Waals surface area contributed by atoms with Crippen molar-refractivity contribution in [3.63, 3.8) is 0 Å². The highest BCUT2D eigenvalue weighted by Gasteiger charge is 2.29. The smallest absolute Gasteiger partial charge is 0.141 e. The SMILES string of the molecule is CC1(Cn2cc(-c3ccc(C#N)nc3-c3ccc4cc(CO)nnc4c3)cn2)CCCC1. The van der Waals surface area contributed by atoms with E-state index in [2.05, 4.69) is 39.5 Å². The van der Waals surface area contributed by atoms with E-state index in [0.29, 0.717) is 28.0 Å². The molecule has 1 aromatic carbocycles. The zero-order valence-corrected chi connectivity index (χ0v) is 18.0. The van der Waals surface area contributed by atoms with E-state index in [1.54, 1.807) is 6.07 Å². The molecule has 160 valence electrons. The summed E-state index contributed by atoms with van der Waals surface area (Å²) in [6, 6.07) is 13.4. The second kappa shape index (κ2) is 8.13. The maximum Gasteiger partial charge on any atom is 0.141 e. The van der Waals surface area contributed by atoms with Crippen molar-refractivity contribution in [2.45, 2.75) is 45.8 Å². The number of hydrogen-bond acceptors (Lipinski definition) is 6. The fraction of sp³-hybridized carbons (Fsp3) is 0.320. The molecule has 1 saturated carbocycles. The van der Waals surface area contributed by atoms with E-state index < -0.39 is 0 Å². The number of benzene rings is 1. The van der Waals surface area contributed by atoms with Gasteiger partial charge in [0.25, 0.3) is 0 Å². The molecule has 7 nitrogen and oxygen atoms in total. The van der Waals surface area contributed by atoms with Crippen molar-refractivity contribution in [1.29, 1.82) is 5.26 Å². The highest BCUT2D eigenvalue weighted by molar-refractivity contribution is 5.87. The van der Waals surface area contributed by atoms with Crippen LogP contribution in [-0.2, 0) is 13.2 Å². The Morgan fingerprint density at radius 2 is 1.94 bits per heavy atom. The maximum atomic E-state index is 9.42. The highest BCUT2D eigenvalue weighted by atomic mass is 16.3. The molecule has 1 N–H and O–H groups in total. The maximum absolute atomic E-state index is 9.42. The highest BCUT2D eigenvalue weighted by Crippen LogP contribution is 2.39. The molecule has 3 aromatic heterocycles. The first kappa shape index (κ1) is 20.3. The molecule has 1 aliphatic rings. The Balaban J connectivity index is 1.55. The van der Waals surface area contributed by atoms with Crippen LogP contribution in [0, 0.1) is 16.7 Å². The van der Waals surface area contributed by atoms with Gasteiger partial charge in [-0.15, -0.1) is 0 Å². The van der Waals surface area contributed by atoms with Crippen LogP contribution < -0.4 is 0 Å². The second-order valence-electron chi connectivity index (χ2n) is 8.92. The second-order valence-corrected chi connectivity index (χ2v) is 8.92. The fourth-order valence-electron chi connectivity index (χ4n) is 4.64. The number of hydrogen-bond donors (Lipinski definition) is 1. The minimum absolute atomic E-state index is 0.149. The largest absolute Gasteiger partial charge is 0.390 e. The lowest BCUT2D eigenvalue weighted by Crippen LogP contribution is -2.19. The van der Waals surface area contributed by atoms with Crippen LogP contribution in [0.15, 0.2) is 48.8 Å². The van der Waals surface area contributed by atoms with Crippen LogP contribution in [0.1, 0.15) is 44.0 Å². The molecule has 0 aliphatic heterocycles. The summed E-state index contributed by atoms with van der Waals surface area (Å²) in [5.41, 5.74) is 5.36. The summed E-state index contributed by atoms with van der Waals surface area (Å²) >= 11 is 0. The summed E-state index contributed by atoms with van der Waals surface area (Å²) in [5.74, 6) is 0. The molecule has 0 spiro atoms. The summed E-state index contributed by atoms with van der Waals surface area (Å²) in [5, 5.41) is 32.5. The van der Waals surface area contributed by atoms with E-state index in [4.69, 9.17) is 0 Å². The Morgan fingerprint density at radius 1 is 1.09 bits per heavy atom. The number of nitrogens with zero attached hydrogens (tertiary/aromatic N) is 6. The molecule has 3 heterocycles. The molecule has 0 bridgehead atoms. The average molecular weight is 425 g/mol. The average Bonchev–Trinajstić information content (AvgIpc) is 3.47. The van der Waals surface area contributed by atoms with Gasteiger partial charge >= 0.3 is 0 Å². The molecule has 0 radical (unpaired) electrons. The number of fused-ring (bicyclic) bond motifs is 1. The third-order valence-corrected chi connectivity index (χ3v) is 6.38. The van der Waals surface area contributed by atoms with Crippen LogP contribution >= 0.6 is 0 Å². The summed E-state index contributed by atoms with van der Waals surface area (Å²) in [6.07, 6.45) is 9.01. The first-order valence-corrected chi connectivity index (χ1v) is 10.9. The van der Waals surface area contributed by atoms with Gasteiger partial charge in [-0.3, -0.25) is 4.68 Å². The van der Waals surface area contributed by atoms with Gasteiger partial charge in [0.2, 0.25) is 0 Å². The predicted molar refractivity (Wildman–Crippen MR) is 121 cm³/mol. The number of rotatable bonds is 5. The van der Waals surface area contributed by atoms with Gasteiger partial charge in [0.15, 0.2) is 0 Å². The van der Waals surface area contributed by atoms with Crippen LogP contribution in [0.5, 0.6) is 0 Å². The van der Waals surface area contributed by atoms with Gasteiger partial charge in [0.05, 0.1) is 29.7 Å². The van der Waals surface area contributed by atoms with Crippen LogP contribution in [0.2, 0.25) is 0 Å². The van der Waals surface area contributed by atoms with Gasteiger partial charge in [-0.1, -0.05) is 31.9 Å². The third-order valence-electron chi connectivity index (χ3n) is 6.38. The molecule has 1 fully saturated rings. The van der Waals surface area contributed by atoms with E-state index in [1.165, 1.54) is 25.7 Å². The molecular formula is C25H24N6O. The Bertz CT molecular complexity index is 1330. The fourth-order valence-corrected chi connectivity index (χ4v) is 4.64. The number of nitriles is 1. The van der Waals surface area contributed by atoms with Crippen molar-refractivity contribution >= 4 is 10.9 Å². The summed E-state index contributed by atoms with van der Waals surface area (Å²) in [4.78, 5) is 4.62. The van der Waals surface area contributed by atoms with Gasteiger partial charge < -0.3 is 5.11 Å². The zero-order valence-electron chi connectivity index (χ0n) is 18.0. The van der Waals surface area contributed by atoms with Crippen LogP contribution in [0.25, 0.3) is 33.3 Å². The molecule has 4 aromatic rings. The van der Waals surface area contributed by atoms with E-state index in [1.807, 2.05) is 41.2 Å². The first-order valence-electron chi connectivity index (χ1n) is 10.9. The normalized spacial score (nSPS) is 15.2. The molecule has 32 heavy (non-hydrogen) atoms. The van der Waals surface area contributed by atoms with Crippen molar-refractivity contribution in [3.8, 4) is 28.5 Å². The van der Waals surface area contributed by atoms with E-state index in [9.17, 15) is 10.4 Å². The number of aromatic nitrogens is 5. The minimum Gasteiger partial charge on any atom is -0.390 e. The van der Waals surface area contributed by atoms with E-state index >= 15 is 0 Å². The van der Waals surface area contributed by atoms with Crippen LogP contribution in [0.4, 0.5) is 0 Å². The molecular weight excluding hydrogens is 400 g/mol.